The van der Waals surface area contributed by atoms with Gasteiger partial charge in [0.1, 0.15) is 0 Å². The van der Waals surface area contributed by atoms with Crippen molar-refractivity contribution in [2.45, 2.75) is 31.2 Å². The molecule has 9 heteroatoms. The molecule has 138 valence electrons. The number of rotatable bonds is 5. The molecule has 0 radical (unpaired) electrons. The van der Waals surface area contributed by atoms with Gasteiger partial charge in [-0.15, -0.1) is 0 Å². The Bertz CT molecular complexity index is 710. The number of benzene rings is 1. The van der Waals surface area contributed by atoms with E-state index >= 15 is 0 Å². The van der Waals surface area contributed by atoms with E-state index < -0.39 is 16.1 Å². The molecule has 0 aromatic heterocycles. The molecule has 3 N–H and O–H groups in total. The molecule has 2 rings (SSSR count). The zero-order valence-electron chi connectivity index (χ0n) is 14.4. The molecule has 0 bridgehead atoms. The Hall–Kier alpha value is -1.97. The van der Waals surface area contributed by atoms with Gasteiger partial charge in [-0.2, -0.15) is 4.72 Å². The summed E-state index contributed by atoms with van der Waals surface area (Å²) in [6.45, 7) is 5.65. The Balaban J connectivity index is 2.03. The first-order chi connectivity index (χ1) is 11.8. The number of nitrogens with one attached hydrogen (secondary N) is 3. The second-order valence-corrected chi connectivity index (χ2v) is 7.69. The van der Waals surface area contributed by atoms with Crippen molar-refractivity contribution in [3.63, 3.8) is 0 Å². The van der Waals surface area contributed by atoms with Gasteiger partial charge in [-0.1, -0.05) is 0 Å². The minimum Gasteiger partial charge on any atom is -0.340 e. The van der Waals surface area contributed by atoms with Crippen LogP contribution in [-0.2, 0) is 19.6 Å². The molecule has 1 fully saturated rings. The van der Waals surface area contributed by atoms with Gasteiger partial charge in [0.15, 0.2) is 0 Å². The average molecular weight is 368 g/mol. The summed E-state index contributed by atoms with van der Waals surface area (Å²) in [6.07, 6.45) is 0.843. The third-order valence-electron chi connectivity index (χ3n) is 3.84. The molecule has 1 aliphatic rings. The van der Waals surface area contributed by atoms with Crippen molar-refractivity contribution in [3.05, 3.63) is 24.3 Å². The van der Waals surface area contributed by atoms with Crippen LogP contribution in [0.3, 0.4) is 0 Å². The van der Waals surface area contributed by atoms with Gasteiger partial charge in [-0.3, -0.25) is 9.59 Å². The zero-order valence-corrected chi connectivity index (χ0v) is 15.2. The summed E-state index contributed by atoms with van der Waals surface area (Å²) in [6, 6.07) is 4.94. The Kier molecular flexibility index (Phi) is 6.51. The number of hydrogen-bond acceptors (Lipinski definition) is 5. The van der Waals surface area contributed by atoms with Crippen molar-refractivity contribution >= 4 is 27.5 Å². The summed E-state index contributed by atoms with van der Waals surface area (Å²) < 4.78 is 27.3. The standard InChI is InChI=1S/C16H24N4O4S/c1-12(16(22)20-10-3-8-17-9-11-20)19-25(23,24)15-6-4-14(5-7-15)18-13(2)21/h4-7,12,17,19H,3,8-11H2,1-2H3,(H,18,21). The molecule has 1 aromatic carbocycles. The fourth-order valence-corrected chi connectivity index (χ4v) is 3.81. The second-order valence-electron chi connectivity index (χ2n) is 5.98. The molecule has 0 spiro atoms. The average Bonchev–Trinajstić information content (AvgIpc) is 2.83. The summed E-state index contributed by atoms with van der Waals surface area (Å²) in [5, 5.41) is 5.77. The number of nitrogens with zero attached hydrogens (tertiary/aromatic N) is 1. The highest BCUT2D eigenvalue weighted by Gasteiger charge is 2.26. The van der Waals surface area contributed by atoms with E-state index in [9.17, 15) is 18.0 Å². The van der Waals surface area contributed by atoms with E-state index in [-0.39, 0.29) is 16.7 Å². The van der Waals surface area contributed by atoms with Gasteiger partial charge < -0.3 is 15.5 Å². The minimum atomic E-state index is -3.82. The second kappa shape index (κ2) is 8.41. The lowest BCUT2D eigenvalue weighted by molar-refractivity contribution is -0.132. The third kappa shape index (κ3) is 5.52. The Morgan fingerprint density at radius 1 is 1.16 bits per heavy atom. The lowest BCUT2D eigenvalue weighted by atomic mass is 10.3. The number of anilines is 1. The predicted octanol–water partition coefficient (Wildman–Crippen LogP) is 0.134. The van der Waals surface area contributed by atoms with Gasteiger partial charge in [-0.05, 0) is 44.2 Å². The zero-order chi connectivity index (χ0) is 18.4. The van der Waals surface area contributed by atoms with Crippen molar-refractivity contribution in [2.24, 2.45) is 0 Å². The Morgan fingerprint density at radius 3 is 2.48 bits per heavy atom. The lowest BCUT2D eigenvalue weighted by Gasteiger charge is -2.24. The molecule has 25 heavy (non-hydrogen) atoms. The largest absolute Gasteiger partial charge is 0.340 e. The molecular weight excluding hydrogens is 344 g/mol. The first kappa shape index (κ1) is 19.4. The van der Waals surface area contributed by atoms with E-state index in [2.05, 4.69) is 15.4 Å². The molecular formula is C16H24N4O4S. The molecule has 1 aliphatic heterocycles. The van der Waals surface area contributed by atoms with Crippen LogP contribution in [0, 0.1) is 0 Å². The fraction of sp³-hybridized carbons (Fsp3) is 0.500. The van der Waals surface area contributed by atoms with Crippen molar-refractivity contribution in [1.29, 1.82) is 0 Å². The SMILES string of the molecule is CC(=O)Nc1ccc(S(=O)(=O)NC(C)C(=O)N2CCCNCC2)cc1. The molecule has 8 nitrogen and oxygen atoms in total. The van der Waals surface area contributed by atoms with Crippen molar-refractivity contribution < 1.29 is 18.0 Å². The van der Waals surface area contributed by atoms with Crippen LogP contribution in [-0.4, -0.2) is 57.4 Å². The minimum absolute atomic E-state index is 0.0405. The summed E-state index contributed by atoms with van der Waals surface area (Å²) in [5.41, 5.74) is 0.507. The molecule has 1 saturated heterocycles. The van der Waals surface area contributed by atoms with Crippen LogP contribution in [0.25, 0.3) is 0 Å². The summed E-state index contributed by atoms with van der Waals surface area (Å²) in [5.74, 6) is -0.470. The van der Waals surface area contributed by atoms with Crippen LogP contribution in [0.15, 0.2) is 29.2 Å². The van der Waals surface area contributed by atoms with Crippen LogP contribution in [0.4, 0.5) is 5.69 Å². The van der Waals surface area contributed by atoms with Crippen LogP contribution in [0.2, 0.25) is 0 Å². The van der Waals surface area contributed by atoms with E-state index in [0.717, 1.165) is 13.0 Å². The number of amides is 2. The van der Waals surface area contributed by atoms with Gasteiger partial charge in [-0.25, -0.2) is 8.42 Å². The van der Waals surface area contributed by atoms with Gasteiger partial charge in [0.25, 0.3) is 0 Å². The smallest absolute Gasteiger partial charge is 0.241 e. The van der Waals surface area contributed by atoms with E-state index in [4.69, 9.17) is 0 Å². The highest BCUT2D eigenvalue weighted by molar-refractivity contribution is 7.89. The van der Waals surface area contributed by atoms with Gasteiger partial charge >= 0.3 is 0 Å². The van der Waals surface area contributed by atoms with Crippen LogP contribution < -0.4 is 15.4 Å². The van der Waals surface area contributed by atoms with Crippen molar-refractivity contribution in [2.75, 3.05) is 31.5 Å². The topological polar surface area (TPSA) is 108 Å². The highest BCUT2D eigenvalue weighted by Crippen LogP contribution is 2.14. The lowest BCUT2D eigenvalue weighted by Crippen LogP contribution is -2.47. The van der Waals surface area contributed by atoms with E-state index in [1.54, 1.807) is 11.8 Å². The molecule has 1 atom stereocenters. The number of carbonyl (C=O) groups is 2. The molecule has 0 saturated carbocycles. The summed E-state index contributed by atoms with van der Waals surface area (Å²) >= 11 is 0. The highest BCUT2D eigenvalue weighted by atomic mass is 32.2. The van der Waals surface area contributed by atoms with Crippen LogP contribution >= 0.6 is 0 Å². The fourth-order valence-electron chi connectivity index (χ4n) is 2.61. The summed E-state index contributed by atoms with van der Waals surface area (Å²) in [7, 11) is -3.82. The van der Waals surface area contributed by atoms with Crippen molar-refractivity contribution in [1.82, 2.24) is 14.9 Å². The normalized spacial score (nSPS) is 16.8. The molecule has 1 unspecified atom stereocenters. The Morgan fingerprint density at radius 2 is 1.84 bits per heavy atom. The maximum Gasteiger partial charge on any atom is 0.241 e. The maximum absolute atomic E-state index is 12.5. The Labute approximate surface area is 148 Å². The van der Waals surface area contributed by atoms with E-state index in [0.29, 0.717) is 25.3 Å². The number of sulfonamides is 1. The summed E-state index contributed by atoms with van der Waals surface area (Å²) in [4.78, 5) is 25.2. The third-order valence-corrected chi connectivity index (χ3v) is 5.40. The van der Waals surface area contributed by atoms with Crippen molar-refractivity contribution in [3.8, 4) is 0 Å². The first-order valence-electron chi connectivity index (χ1n) is 8.19. The van der Waals surface area contributed by atoms with E-state index in [1.807, 2.05) is 0 Å². The van der Waals surface area contributed by atoms with Gasteiger partial charge in [0.2, 0.25) is 21.8 Å². The predicted molar refractivity (Wildman–Crippen MR) is 94.6 cm³/mol. The monoisotopic (exact) mass is 368 g/mol. The quantitative estimate of drug-likeness (QED) is 0.685. The van der Waals surface area contributed by atoms with Gasteiger partial charge in [0.05, 0.1) is 10.9 Å². The van der Waals surface area contributed by atoms with Gasteiger partial charge in [0, 0.05) is 32.2 Å². The van der Waals surface area contributed by atoms with Crippen LogP contribution in [0.1, 0.15) is 20.3 Å². The van der Waals surface area contributed by atoms with Crippen LogP contribution in [0.5, 0.6) is 0 Å². The molecule has 1 aromatic rings. The number of hydrogen-bond donors (Lipinski definition) is 3. The van der Waals surface area contributed by atoms with E-state index in [1.165, 1.54) is 31.2 Å². The molecule has 1 heterocycles. The molecule has 2 amide bonds. The molecule has 0 aliphatic carbocycles. The first-order valence-corrected chi connectivity index (χ1v) is 9.67. The maximum atomic E-state index is 12.5. The number of carbonyl (C=O) groups excluding carboxylic acids is 2.